The number of rotatable bonds is 17. The van der Waals surface area contributed by atoms with Gasteiger partial charge in [0.05, 0.1) is 12.6 Å². The molecule has 4 amide bonds. The standard InChI is InChI=1S/C23H36N8O7/c24-14(7-4-10-28-23(26)27)19(34)29-15(8-9-18(25)33)20(35)30-16(11-13-5-2-1-3-6-13)21(36)31-17(12-32)22(37)38/h1-3,5-6,14-17,32H,4,7-12,24H2,(H2,25,33)(H,29,34)(H,30,35)(H,31,36)(H,37,38)(H4,26,27,28). The molecule has 15 heteroatoms. The summed E-state index contributed by atoms with van der Waals surface area (Å²) < 4.78 is 0. The Balaban J connectivity index is 3.03. The summed E-state index contributed by atoms with van der Waals surface area (Å²) in [6, 6.07) is 3.39. The molecule has 0 heterocycles. The zero-order valence-corrected chi connectivity index (χ0v) is 20.8. The first kappa shape index (κ1) is 31.8. The first-order chi connectivity index (χ1) is 17.9. The third-order valence-corrected chi connectivity index (χ3v) is 5.33. The number of nitrogens with zero attached hydrogens (tertiary/aromatic N) is 1. The molecule has 0 bridgehead atoms. The van der Waals surface area contributed by atoms with Crippen molar-refractivity contribution in [2.75, 3.05) is 13.2 Å². The average Bonchev–Trinajstić information content (AvgIpc) is 2.86. The first-order valence-corrected chi connectivity index (χ1v) is 11.8. The Kier molecular flexibility index (Phi) is 13.8. The second-order valence-electron chi connectivity index (χ2n) is 8.45. The summed E-state index contributed by atoms with van der Waals surface area (Å²) >= 11 is 0. The predicted molar refractivity (Wildman–Crippen MR) is 137 cm³/mol. The molecule has 0 aliphatic heterocycles. The fourth-order valence-corrected chi connectivity index (χ4v) is 3.27. The molecule has 0 radical (unpaired) electrons. The highest BCUT2D eigenvalue weighted by Crippen LogP contribution is 2.07. The fraction of sp³-hybridized carbons (Fsp3) is 0.478. The van der Waals surface area contributed by atoms with Gasteiger partial charge in [-0.25, -0.2) is 4.79 Å². The van der Waals surface area contributed by atoms with Crippen LogP contribution in [-0.2, 0) is 30.4 Å². The Morgan fingerprint density at radius 3 is 1.97 bits per heavy atom. The summed E-state index contributed by atoms with van der Waals surface area (Å²) in [5.74, 6) is -4.67. The van der Waals surface area contributed by atoms with Crippen molar-refractivity contribution in [3.05, 3.63) is 35.9 Å². The van der Waals surface area contributed by atoms with Crippen molar-refractivity contribution in [2.24, 2.45) is 27.9 Å². The van der Waals surface area contributed by atoms with Crippen LogP contribution in [0.4, 0.5) is 0 Å². The Hall–Kier alpha value is -4.24. The highest BCUT2D eigenvalue weighted by atomic mass is 16.4. The van der Waals surface area contributed by atoms with Crippen LogP contribution in [0.2, 0.25) is 0 Å². The van der Waals surface area contributed by atoms with E-state index in [1.807, 2.05) is 0 Å². The molecule has 38 heavy (non-hydrogen) atoms. The molecule has 0 fully saturated rings. The number of hydrogen-bond acceptors (Lipinski definition) is 8. The van der Waals surface area contributed by atoms with Gasteiger partial charge in [0.1, 0.15) is 18.1 Å². The number of benzene rings is 1. The van der Waals surface area contributed by atoms with Crippen molar-refractivity contribution < 1.29 is 34.2 Å². The van der Waals surface area contributed by atoms with Gasteiger partial charge in [-0.15, -0.1) is 0 Å². The maximum absolute atomic E-state index is 13.1. The number of aliphatic hydroxyl groups excluding tert-OH is 1. The second kappa shape index (κ2) is 16.5. The van der Waals surface area contributed by atoms with Crippen LogP contribution in [0.15, 0.2) is 35.3 Å². The summed E-state index contributed by atoms with van der Waals surface area (Å²) in [4.78, 5) is 65.0. The molecule has 0 saturated heterocycles. The van der Waals surface area contributed by atoms with Gasteiger partial charge in [-0.3, -0.25) is 24.2 Å². The van der Waals surface area contributed by atoms with Gasteiger partial charge in [0.2, 0.25) is 23.6 Å². The molecule has 0 aliphatic carbocycles. The lowest BCUT2D eigenvalue weighted by Gasteiger charge is -2.25. The van der Waals surface area contributed by atoms with Crippen molar-refractivity contribution in [2.45, 2.75) is 56.3 Å². The van der Waals surface area contributed by atoms with E-state index in [1.165, 1.54) is 0 Å². The van der Waals surface area contributed by atoms with Crippen LogP contribution >= 0.6 is 0 Å². The molecular weight excluding hydrogens is 500 g/mol. The number of hydrogen-bond donors (Lipinski definition) is 9. The number of carboxylic acids is 1. The molecule has 1 rings (SSSR count). The molecule has 13 N–H and O–H groups in total. The highest BCUT2D eigenvalue weighted by molar-refractivity contribution is 5.94. The number of carbonyl (C=O) groups excluding carboxylic acids is 4. The lowest BCUT2D eigenvalue weighted by molar-refractivity contribution is -0.143. The molecule has 4 unspecified atom stereocenters. The topological polar surface area (TPSA) is 278 Å². The SMILES string of the molecule is NC(=O)CCC(NC(=O)C(N)CCCN=C(N)N)C(=O)NC(Cc1ccccc1)C(=O)NC(CO)C(=O)O. The van der Waals surface area contributed by atoms with Crippen molar-refractivity contribution in [1.82, 2.24) is 16.0 Å². The number of guanidine groups is 1. The third-order valence-electron chi connectivity index (χ3n) is 5.33. The average molecular weight is 537 g/mol. The molecule has 210 valence electrons. The fourth-order valence-electron chi connectivity index (χ4n) is 3.27. The largest absolute Gasteiger partial charge is 0.480 e. The monoisotopic (exact) mass is 536 g/mol. The van der Waals surface area contributed by atoms with Crippen molar-refractivity contribution in [1.29, 1.82) is 0 Å². The summed E-state index contributed by atoms with van der Waals surface area (Å²) in [5.41, 5.74) is 22.2. The zero-order valence-electron chi connectivity index (χ0n) is 20.8. The van der Waals surface area contributed by atoms with E-state index in [2.05, 4.69) is 20.9 Å². The first-order valence-electron chi connectivity index (χ1n) is 11.8. The molecule has 1 aromatic rings. The number of nitrogens with two attached hydrogens (primary N) is 4. The Labute approximate surface area is 219 Å². The number of amides is 4. The molecule has 0 aromatic heterocycles. The third kappa shape index (κ3) is 12.1. The van der Waals surface area contributed by atoms with E-state index in [1.54, 1.807) is 30.3 Å². The maximum atomic E-state index is 13.1. The van der Waals surface area contributed by atoms with Gasteiger partial charge >= 0.3 is 5.97 Å². The summed E-state index contributed by atoms with van der Waals surface area (Å²) in [5, 5.41) is 25.5. The molecule has 15 nitrogen and oxygen atoms in total. The summed E-state index contributed by atoms with van der Waals surface area (Å²) in [7, 11) is 0. The number of carbonyl (C=O) groups is 5. The van der Waals surface area contributed by atoms with Gasteiger partial charge in [-0.1, -0.05) is 30.3 Å². The van der Waals surface area contributed by atoms with Crippen LogP contribution in [0, 0.1) is 0 Å². The summed E-state index contributed by atoms with van der Waals surface area (Å²) in [6.07, 6.45) is 0.126. The molecule has 0 saturated carbocycles. The number of aliphatic imine (C=N–C) groups is 1. The Morgan fingerprint density at radius 1 is 0.842 bits per heavy atom. The van der Waals surface area contributed by atoms with E-state index in [9.17, 15) is 29.1 Å². The smallest absolute Gasteiger partial charge is 0.328 e. The number of nitrogens with one attached hydrogen (secondary N) is 3. The van der Waals surface area contributed by atoms with Gasteiger partial charge in [0, 0.05) is 19.4 Å². The quantitative estimate of drug-likeness (QED) is 0.0535. The number of primary amides is 1. The Bertz CT molecular complexity index is 985. The molecule has 0 spiro atoms. The van der Waals surface area contributed by atoms with Gasteiger partial charge in [-0.2, -0.15) is 0 Å². The lowest BCUT2D eigenvalue weighted by atomic mass is 10.0. The Morgan fingerprint density at radius 2 is 1.42 bits per heavy atom. The van der Waals surface area contributed by atoms with Crippen LogP contribution in [0.25, 0.3) is 0 Å². The van der Waals surface area contributed by atoms with Gasteiger partial charge < -0.3 is 49.1 Å². The normalized spacial score (nSPS) is 13.7. The number of carboxylic acid groups (broad SMARTS) is 1. The minimum Gasteiger partial charge on any atom is -0.480 e. The second-order valence-corrected chi connectivity index (χ2v) is 8.45. The van der Waals surface area contributed by atoms with Crippen molar-refractivity contribution in [3.63, 3.8) is 0 Å². The van der Waals surface area contributed by atoms with Crippen LogP contribution in [-0.4, -0.2) is 83.1 Å². The van der Waals surface area contributed by atoms with Gasteiger partial charge in [0.25, 0.3) is 0 Å². The van der Waals surface area contributed by atoms with Gasteiger partial charge in [-0.05, 0) is 24.8 Å². The van der Waals surface area contributed by atoms with E-state index >= 15 is 0 Å². The number of aliphatic carboxylic acids is 1. The number of aliphatic hydroxyl groups is 1. The van der Waals surface area contributed by atoms with Gasteiger partial charge in [0.15, 0.2) is 5.96 Å². The van der Waals surface area contributed by atoms with E-state index in [-0.39, 0.29) is 38.2 Å². The van der Waals surface area contributed by atoms with E-state index in [0.29, 0.717) is 12.0 Å². The van der Waals surface area contributed by atoms with E-state index in [4.69, 9.17) is 28.0 Å². The maximum Gasteiger partial charge on any atom is 0.328 e. The molecule has 1 aromatic carbocycles. The van der Waals surface area contributed by atoms with Crippen molar-refractivity contribution >= 4 is 35.6 Å². The molecular formula is C23H36N8O7. The van der Waals surface area contributed by atoms with E-state index < -0.39 is 60.4 Å². The lowest BCUT2D eigenvalue weighted by Crippen LogP contribution is -2.58. The van der Waals surface area contributed by atoms with E-state index in [0.717, 1.165) is 0 Å². The van der Waals surface area contributed by atoms with Crippen molar-refractivity contribution in [3.8, 4) is 0 Å². The zero-order chi connectivity index (χ0) is 28.7. The minimum atomic E-state index is -1.60. The molecule has 4 atom stereocenters. The predicted octanol–water partition coefficient (Wildman–Crippen LogP) is -3.59. The summed E-state index contributed by atoms with van der Waals surface area (Å²) in [6.45, 7) is -0.623. The van der Waals surface area contributed by atoms with Crippen LogP contribution in [0.1, 0.15) is 31.2 Å². The van der Waals surface area contributed by atoms with Crippen LogP contribution in [0.5, 0.6) is 0 Å². The minimum absolute atomic E-state index is 0.0308. The highest BCUT2D eigenvalue weighted by Gasteiger charge is 2.30. The molecule has 0 aliphatic rings. The van der Waals surface area contributed by atoms with Crippen LogP contribution < -0.4 is 38.9 Å². The van der Waals surface area contributed by atoms with Crippen LogP contribution in [0.3, 0.4) is 0 Å².